The number of rotatable bonds is 5. The third kappa shape index (κ3) is 3.33. The van der Waals surface area contributed by atoms with E-state index >= 15 is 0 Å². The number of carbonyl (C=O) groups is 1. The Labute approximate surface area is 151 Å². The molecule has 0 saturated heterocycles. The van der Waals surface area contributed by atoms with Gasteiger partial charge < -0.3 is 18.6 Å². The van der Waals surface area contributed by atoms with Crippen molar-refractivity contribution in [2.75, 3.05) is 7.11 Å². The van der Waals surface area contributed by atoms with E-state index < -0.39 is 12.1 Å². The molecule has 0 amide bonds. The summed E-state index contributed by atoms with van der Waals surface area (Å²) in [5.41, 5.74) is 3.12. The predicted molar refractivity (Wildman–Crippen MR) is 94.7 cm³/mol. The van der Waals surface area contributed by atoms with Gasteiger partial charge in [-0.25, -0.2) is 4.79 Å². The van der Waals surface area contributed by atoms with E-state index in [1.807, 2.05) is 48.7 Å². The number of methoxy groups -OCH3 is 1. The molecule has 7 heteroatoms. The van der Waals surface area contributed by atoms with Crippen LogP contribution in [0.15, 0.2) is 34.9 Å². The molecule has 26 heavy (non-hydrogen) atoms. The first-order valence-electron chi connectivity index (χ1n) is 8.25. The zero-order valence-corrected chi connectivity index (χ0v) is 15.4. The third-order valence-corrected chi connectivity index (χ3v) is 4.14. The molecule has 0 N–H and O–H groups in total. The summed E-state index contributed by atoms with van der Waals surface area (Å²) in [7, 11) is 1.62. The predicted octanol–water partition coefficient (Wildman–Crippen LogP) is 3.71. The average molecular weight is 355 g/mol. The number of hydrogen-bond donors (Lipinski definition) is 0. The van der Waals surface area contributed by atoms with E-state index in [1.165, 1.54) is 0 Å². The molecule has 0 aliphatic carbocycles. The Morgan fingerprint density at radius 1 is 1.23 bits per heavy atom. The molecule has 1 unspecified atom stereocenters. The Morgan fingerprint density at radius 3 is 2.65 bits per heavy atom. The van der Waals surface area contributed by atoms with Gasteiger partial charge in [-0.05, 0) is 45.9 Å². The van der Waals surface area contributed by atoms with Crippen LogP contribution < -0.4 is 4.74 Å². The van der Waals surface area contributed by atoms with Gasteiger partial charge in [0.25, 0.3) is 5.89 Å². The summed E-state index contributed by atoms with van der Waals surface area (Å²) in [5, 5.41) is 3.72. The first-order chi connectivity index (χ1) is 12.4. The first kappa shape index (κ1) is 17.7. The van der Waals surface area contributed by atoms with Crippen LogP contribution >= 0.6 is 0 Å². The molecule has 1 atom stereocenters. The summed E-state index contributed by atoms with van der Waals surface area (Å²) >= 11 is 0. The van der Waals surface area contributed by atoms with Crippen LogP contribution in [0.25, 0.3) is 5.69 Å². The highest BCUT2D eigenvalue weighted by molar-refractivity contribution is 5.91. The lowest BCUT2D eigenvalue weighted by Gasteiger charge is -2.12. The molecule has 3 rings (SSSR count). The zero-order valence-electron chi connectivity index (χ0n) is 15.4. The van der Waals surface area contributed by atoms with Crippen molar-refractivity contribution in [3.63, 3.8) is 0 Å². The zero-order chi connectivity index (χ0) is 18.8. The van der Waals surface area contributed by atoms with E-state index in [9.17, 15) is 4.79 Å². The molecule has 0 aliphatic rings. The molecule has 0 fully saturated rings. The number of aryl methyl sites for hydroxylation is 2. The van der Waals surface area contributed by atoms with Gasteiger partial charge in [0, 0.05) is 23.1 Å². The largest absolute Gasteiger partial charge is 0.497 e. The highest BCUT2D eigenvalue weighted by Gasteiger charge is 2.23. The average Bonchev–Trinajstić information content (AvgIpc) is 3.18. The standard InChI is InChI=1S/C19H21N3O4/c1-11-9-17(19(23)25-13(3)18-20-14(4)21-26-18)12(2)22(11)15-7-6-8-16(10-15)24-5/h6-10,13H,1-5H3. The van der Waals surface area contributed by atoms with Crippen LogP contribution in [0.4, 0.5) is 0 Å². The number of carbonyl (C=O) groups excluding carboxylic acids is 1. The van der Waals surface area contributed by atoms with Crippen LogP contribution in [0.3, 0.4) is 0 Å². The fraction of sp³-hybridized carbons (Fsp3) is 0.316. The lowest BCUT2D eigenvalue weighted by molar-refractivity contribution is 0.0264. The molecule has 3 aromatic rings. The molecular weight excluding hydrogens is 334 g/mol. The van der Waals surface area contributed by atoms with Gasteiger partial charge in [0.05, 0.1) is 12.7 Å². The molecule has 7 nitrogen and oxygen atoms in total. The number of esters is 1. The fourth-order valence-electron chi connectivity index (χ4n) is 2.87. The second-order valence-electron chi connectivity index (χ2n) is 6.05. The van der Waals surface area contributed by atoms with Crippen LogP contribution in [-0.4, -0.2) is 27.8 Å². The SMILES string of the molecule is COc1cccc(-n2c(C)cc(C(=O)OC(C)c3nc(C)no3)c2C)c1. The van der Waals surface area contributed by atoms with Gasteiger partial charge in [-0.1, -0.05) is 11.2 Å². The minimum absolute atomic E-state index is 0.275. The fourth-order valence-corrected chi connectivity index (χ4v) is 2.87. The van der Waals surface area contributed by atoms with Crippen molar-refractivity contribution in [2.24, 2.45) is 0 Å². The molecule has 136 valence electrons. The van der Waals surface area contributed by atoms with E-state index in [0.29, 0.717) is 11.4 Å². The van der Waals surface area contributed by atoms with Crippen LogP contribution in [0.1, 0.15) is 46.5 Å². The van der Waals surface area contributed by atoms with Gasteiger partial charge in [0.15, 0.2) is 11.9 Å². The van der Waals surface area contributed by atoms with E-state index in [-0.39, 0.29) is 5.89 Å². The Hall–Kier alpha value is -3.09. The van der Waals surface area contributed by atoms with Gasteiger partial charge >= 0.3 is 5.97 Å². The van der Waals surface area contributed by atoms with Crippen molar-refractivity contribution < 1.29 is 18.8 Å². The van der Waals surface area contributed by atoms with Crippen LogP contribution in [0.2, 0.25) is 0 Å². The molecule has 0 bridgehead atoms. The quantitative estimate of drug-likeness (QED) is 0.649. The molecule has 2 aromatic heterocycles. The second kappa shape index (κ2) is 7.03. The van der Waals surface area contributed by atoms with Crippen molar-refractivity contribution in [2.45, 2.75) is 33.8 Å². The Balaban J connectivity index is 1.88. The van der Waals surface area contributed by atoms with Gasteiger partial charge in [-0.3, -0.25) is 0 Å². The van der Waals surface area contributed by atoms with Crippen molar-refractivity contribution in [3.05, 3.63) is 59.0 Å². The summed E-state index contributed by atoms with van der Waals surface area (Å²) in [5.74, 6) is 1.09. The molecule has 2 heterocycles. The van der Waals surface area contributed by atoms with Gasteiger partial charge in [0.2, 0.25) is 0 Å². The number of nitrogens with zero attached hydrogens (tertiary/aromatic N) is 3. The normalized spacial score (nSPS) is 12.0. The maximum Gasteiger partial charge on any atom is 0.340 e. The number of aromatic nitrogens is 3. The monoisotopic (exact) mass is 355 g/mol. The van der Waals surface area contributed by atoms with Gasteiger partial charge in [-0.2, -0.15) is 4.98 Å². The smallest absolute Gasteiger partial charge is 0.340 e. The van der Waals surface area contributed by atoms with Crippen LogP contribution in [0, 0.1) is 20.8 Å². The first-order valence-corrected chi connectivity index (χ1v) is 8.25. The molecular formula is C19H21N3O4. The lowest BCUT2D eigenvalue weighted by Crippen LogP contribution is -2.11. The summed E-state index contributed by atoms with van der Waals surface area (Å²) in [6.45, 7) is 7.23. The molecule has 0 radical (unpaired) electrons. The highest BCUT2D eigenvalue weighted by atomic mass is 16.6. The minimum atomic E-state index is -0.622. The summed E-state index contributed by atoms with van der Waals surface area (Å²) in [6, 6.07) is 9.47. The molecule has 0 aliphatic heterocycles. The highest BCUT2D eigenvalue weighted by Crippen LogP contribution is 2.25. The van der Waals surface area contributed by atoms with E-state index in [4.69, 9.17) is 14.0 Å². The Morgan fingerprint density at radius 2 is 2.00 bits per heavy atom. The number of hydrogen-bond acceptors (Lipinski definition) is 6. The Kier molecular flexibility index (Phi) is 4.79. The number of ether oxygens (including phenoxy) is 2. The van der Waals surface area contributed by atoms with Crippen molar-refractivity contribution in [1.29, 1.82) is 0 Å². The van der Waals surface area contributed by atoms with Crippen molar-refractivity contribution in [1.82, 2.24) is 14.7 Å². The third-order valence-electron chi connectivity index (χ3n) is 4.14. The van der Waals surface area contributed by atoms with Gasteiger partial charge in [-0.15, -0.1) is 0 Å². The molecule has 0 saturated carbocycles. The van der Waals surface area contributed by atoms with E-state index in [1.54, 1.807) is 21.0 Å². The van der Waals surface area contributed by atoms with Crippen molar-refractivity contribution >= 4 is 5.97 Å². The second-order valence-corrected chi connectivity index (χ2v) is 6.05. The van der Waals surface area contributed by atoms with Crippen molar-refractivity contribution in [3.8, 4) is 11.4 Å². The van der Waals surface area contributed by atoms with Crippen LogP contribution in [0.5, 0.6) is 5.75 Å². The summed E-state index contributed by atoms with van der Waals surface area (Å²) < 4.78 is 17.8. The maximum absolute atomic E-state index is 12.6. The van der Waals surface area contributed by atoms with Gasteiger partial charge in [0.1, 0.15) is 5.75 Å². The molecule has 1 aromatic carbocycles. The van der Waals surface area contributed by atoms with E-state index in [0.717, 1.165) is 22.8 Å². The summed E-state index contributed by atoms with van der Waals surface area (Å²) in [6.07, 6.45) is -0.622. The molecule has 0 spiro atoms. The van der Waals surface area contributed by atoms with E-state index in [2.05, 4.69) is 10.1 Å². The van der Waals surface area contributed by atoms with Crippen LogP contribution in [-0.2, 0) is 4.74 Å². The summed E-state index contributed by atoms with van der Waals surface area (Å²) in [4.78, 5) is 16.7. The minimum Gasteiger partial charge on any atom is -0.497 e. The maximum atomic E-state index is 12.6. The topological polar surface area (TPSA) is 79.4 Å². The Bertz CT molecular complexity index is 942. The number of benzene rings is 1. The lowest BCUT2D eigenvalue weighted by atomic mass is 10.2.